The fraction of sp³-hybridized carbons (Fsp3) is 0.250. The predicted molar refractivity (Wildman–Crippen MR) is 143 cm³/mol. The van der Waals surface area contributed by atoms with Crippen molar-refractivity contribution in [3.63, 3.8) is 0 Å². The normalized spacial score (nSPS) is 10.8. The number of unbranched alkanes of at least 4 members (excludes halogenated alkanes) is 3. The van der Waals surface area contributed by atoms with Gasteiger partial charge < -0.3 is 0 Å². The summed E-state index contributed by atoms with van der Waals surface area (Å²) < 4.78 is 15.1. The lowest BCUT2D eigenvalue weighted by atomic mass is 9.98. The molecule has 0 unspecified atom stereocenters. The first-order chi connectivity index (χ1) is 16.6. The summed E-state index contributed by atoms with van der Waals surface area (Å²) >= 11 is 5.91. The fourth-order valence-electron chi connectivity index (χ4n) is 4.18. The molecule has 0 amide bonds. The van der Waals surface area contributed by atoms with Crippen molar-refractivity contribution in [2.24, 2.45) is 0 Å². The molecule has 34 heavy (non-hydrogen) atoms. The summed E-state index contributed by atoms with van der Waals surface area (Å²) in [5.41, 5.74) is 5.21. The van der Waals surface area contributed by atoms with Crippen LogP contribution in [-0.2, 0) is 19.3 Å². The summed E-state index contributed by atoms with van der Waals surface area (Å²) in [5, 5.41) is 2.18. The number of hydrogen-bond donors (Lipinski definition) is 0. The van der Waals surface area contributed by atoms with E-state index in [-0.39, 0.29) is 5.82 Å². The van der Waals surface area contributed by atoms with Gasteiger partial charge in [-0.1, -0.05) is 98.2 Å². The maximum absolute atomic E-state index is 15.1. The molecule has 0 aliphatic carbocycles. The van der Waals surface area contributed by atoms with Gasteiger partial charge in [0.25, 0.3) is 0 Å². The van der Waals surface area contributed by atoms with E-state index in [9.17, 15) is 0 Å². The maximum Gasteiger partial charge on any atom is 0.146 e. The molecule has 0 aliphatic rings. The van der Waals surface area contributed by atoms with Crippen LogP contribution in [0.1, 0.15) is 60.4 Å². The summed E-state index contributed by atoms with van der Waals surface area (Å²) in [5.74, 6) is 5.71. The first-order valence-electron chi connectivity index (χ1n) is 12.2. The summed E-state index contributed by atoms with van der Waals surface area (Å²) in [6.45, 7) is 2.25. The molecule has 0 spiro atoms. The van der Waals surface area contributed by atoms with E-state index in [0.29, 0.717) is 16.0 Å². The Balaban J connectivity index is 1.40. The van der Waals surface area contributed by atoms with Gasteiger partial charge in [0.05, 0.1) is 5.56 Å². The van der Waals surface area contributed by atoms with Crippen molar-refractivity contribution < 1.29 is 4.39 Å². The molecule has 0 N–H and O–H groups in total. The van der Waals surface area contributed by atoms with Crippen LogP contribution >= 0.6 is 11.6 Å². The molecule has 0 aromatic heterocycles. The van der Waals surface area contributed by atoms with Crippen molar-refractivity contribution in [2.75, 3.05) is 0 Å². The molecule has 4 aromatic rings. The van der Waals surface area contributed by atoms with E-state index in [0.717, 1.165) is 23.8 Å². The Kier molecular flexibility index (Phi) is 8.40. The van der Waals surface area contributed by atoms with E-state index in [1.165, 1.54) is 48.8 Å². The standard InChI is InChI=1S/C32H30ClF/c1-2-3-4-5-6-24-7-9-25(10-8-24)11-12-27-16-22-31-29(23-27)19-18-28(32(31)34)17-13-26-14-20-30(33)21-15-26/h7-10,14-16,18-23H,2-6,11-12H2,1H3. The van der Waals surface area contributed by atoms with Gasteiger partial charge in [0.1, 0.15) is 5.82 Å². The highest BCUT2D eigenvalue weighted by Crippen LogP contribution is 2.23. The van der Waals surface area contributed by atoms with Crippen LogP contribution in [0.15, 0.2) is 78.9 Å². The molecule has 172 valence electrons. The summed E-state index contributed by atoms with van der Waals surface area (Å²) in [6, 6.07) is 26.0. The van der Waals surface area contributed by atoms with Crippen molar-refractivity contribution >= 4 is 22.4 Å². The van der Waals surface area contributed by atoms with Gasteiger partial charge in [-0.2, -0.15) is 0 Å². The molecule has 0 bridgehead atoms. The minimum absolute atomic E-state index is 0.264. The van der Waals surface area contributed by atoms with Crippen LogP contribution in [0.3, 0.4) is 0 Å². The van der Waals surface area contributed by atoms with E-state index < -0.39 is 0 Å². The van der Waals surface area contributed by atoms with Crippen molar-refractivity contribution in [3.05, 3.63) is 118 Å². The van der Waals surface area contributed by atoms with Gasteiger partial charge in [0, 0.05) is 16.0 Å². The summed E-state index contributed by atoms with van der Waals surface area (Å²) in [7, 11) is 0. The highest BCUT2D eigenvalue weighted by Gasteiger charge is 2.07. The molecule has 4 aromatic carbocycles. The zero-order valence-corrected chi connectivity index (χ0v) is 20.5. The average Bonchev–Trinajstić information content (AvgIpc) is 2.87. The Bertz CT molecular complexity index is 1290. The number of aryl methyl sites for hydroxylation is 3. The minimum atomic E-state index is -0.264. The monoisotopic (exact) mass is 468 g/mol. The number of fused-ring (bicyclic) bond motifs is 1. The third kappa shape index (κ3) is 6.49. The minimum Gasteiger partial charge on any atom is -0.205 e. The van der Waals surface area contributed by atoms with Crippen LogP contribution in [-0.4, -0.2) is 0 Å². The lowest BCUT2D eigenvalue weighted by molar-refractivity contribution is 0.636. The highest BCUT2D eigenvalue weighted by atomic mass is 35.5. The van der Waals surface area contributed by atoms with Gasteiger partial charge in [-0.05, 0) is 78.1 Å². The molecule has 0 heterocycles. The highest BCUT2D eigenvalue weighted by molar-refractivity contribution is 6.30. The second kappa shape index (κ2) is 11.9. The number of benzene rings is 4. The molecule has 0 fully saturated rings. The Morgan fingerprint density at radius 2 is 1.35 bits per heavy atom. The van der Waals surface area contributed by atoms with Gasteiger partial charge in [-0.15, -0.1) is 0 Å². The topological polar surface area (TPSA) is 0 Å². The summed E-state index contributed by atoms with van der Waals surface area (Å²) in [4.78, 5) is 0. The third-order valence-corrected chi connectivity index (χ3v) is 6.50. The van der Waals surface area contributed by atoms with E-state index in [1.54, 1.807) is 18.2 Å². The van der Waals surface area contributed by atoms with Crippen molar-refractivity contribution in [1.29, 1.82) is 0 Å². The quantitative estimate of drug-likeness (QED) is 0.179. The van der Waals surface area contributed by atoms with Crippen molar-refractivity contribution in [2.45, 2.75) is 51.9 Å². The van der Waals surface area contributed by atoms with Gasteiger partial charge in [0.15, 0.2) is 0 Å². The van der Waals surface area contributed by atoms with Crippen molar-refractivity contribution in [1.82, 2.24) is 0 Å². The Labute approximate surface area is 207 Å². The number of rotatable bonds is 8. The molecular formula is C32H30ClF. The summed E-state index contributed by atoms with van der Waals surface area (Å²) in [6.07, 6.45) is 8.28. The van der Waals surface area contributed by atoms with Crippen LogP contribution in [0, 0.1) is 17.7 Å². The second-order valence-corrected chi connectivity index (χ2v) is 9.30. The van der Waals surface area contributed by atoms with E-state index in [4.69, 9.17) is 11.6 Å². The maximum atomic E-state index is 15.1. The molecule has 4 rings (SSSR count). The van der Waals surface area contributed by atoms with E-state index >= 15 is 4.39 Å². The SMILES string of the molecule is CCCCCCc1ccc(CCc2ccc3c(F)c(C#Cc4ccc(Cl)cc4)ccc3c2)cc1. The Morgan fingerprint density at radius 1 is 0.676 bits per heavy atom. The zero-order chi connectivity index (χ0) is 23.8. The molecule has 0 nitrogen and oxygen atoms in total. The Hall–Kier alpha value is -3.08. The van der Waals surface area contributed by atoms with Crippen molar-refractivity contribution in [3.8, 4) is 11.8 Å². The molecule has 0 atom stereocenters. The first-order valence-corrected chi connectivity index (χ1v) is 12.6. The molecule has 0 saturated carbocycles. The third-order valence-electron chi connectivity index (χ3n) is 6.25. The van der Waals surface area contributed by atoms with Gasteiger partial charge in [-0.25, -0.2) is 4.39 Å². The van der Waals surface area contributed by atoms with Crippen LogP contribution in [0.25, 0.3) is 10.8 Å². The molecule has 0 aliphatic heterocycles. The molecule has 0 saturated heterocycles. The number of hydrogen-bond acceptors (Lipinski definition) is 0. The smallest absolute Gasteiger partial charge is 0.146 e. The predicted octanol–water partition coefficient (Wildman–Crippen LogP) is 8.94. The molecule has 2 heteroatoms. The first kappa shape index (κ1) is 24.1. The average molecular weight is 469 g/mol. The lowest BCUT2D eigenvalue weighted by Crippen LogP contribution is -1.94. The van der Waals surface area contributed by atoms with Gasteiger partial charge in [-0.3, -0.25) is 0 Å². The van der Waals surface area contributed by atoms with Gasteiger partial charge >= 0.3 is 0 Å². The van der Waals surface area contributed by atoms with Crippen LogP contribution in [0.4, 0.5) is 4.39 Å². The van der Waals surface area contributed by atoms with Crippen LogP contribution in [0.5, 0.6) is 0 Å². The van der Waals surface area contributed by atoms with Crippen LogP contribution in [0.2, 0.25) is 5.02 Å². The zero-order valence-electron chi connectivity index (χ0n) is 19.7. The number of halogens is 2. The lowest BCUT2D eigenvalue weighted by Gasteiger charge is -2.07. The molecular weight excluding hydrogens is 439 g/mol. The van der Waals surface area contributed by atoms with E-state index in [1.807, 2.05) is 30.3 Å². The second-order valence-electron chi connectivity index (χ2n) is 8.87. The van der Waals surface area contributed by atoms with E-state index in [2.05, 4.69) is 49.1 Å². The molecule has 0 radical (unpaired) electrons. The largest absolute Gasteiger partial charge is 0.205 e. The van der Waals surface area contributed by atoms with Crippen LogP contribution < -0.4 is 0 Å². The Morgan fingerprint density at radius 3 is 2.09 bits per heavy atom. The fourth-order valence-corrected chi connectivity index (χ4v) is 4.31. The van der Waals surface area contributed by atoms with Gasteiger partial charge in [0.2, 0.25) is 0 Å².